The summed E-state index contributed by atoms with van der Waals surface area (Å²) in [7, 11) is 0. The van der Waals surface area contributed by atoms with Crippen LogP contribution in [0.1, 0.15) is 10.5 Å². The predicted molar refractivity (Wildman–Crippen MR) is 47.4 cm³/mol. The van der Waals surface area contributed by atoms with Gasteiger partial charge in [0.1, 0.15) is 0 Å². The van der Waals surface area contributed by atoms with Crippen molar-refractivity contribution in [3.63, 3.8) is 0 Å². The van der Waals surface area contributed by atoms with Crippen LogP contribution in [0, 0.1) is 10.1 Å². The number of hydrogen-bond donors (Lipinski definition) is 2. The molecule has 0 aliphatic rings. The van der Waals surface area contributed by atoms with Crippen molar-refractivity contribution in [1.82, 2.24) is 4.98 Å². The number of hydrogen-bond acceptors (Lipinski definition) is 5. The van der Waals surface area contributed by atoms with E-state index in [0.29, 0.717) is 0 Å². The summed E-state index contributed by atoms with van der Waals surface area (Å²) in [5, 5.41) is 18.9. The zero-order valence-corrected chi connectivity index (χ0v) is 8.15. The first-order valence-electron chi connectivity index (χ1n) is 4.02. The fourth-order valence-corrected chi connectivity index (χ4v) is 1.000. The SMILES string of the molecule is O=C(O)c1[nH]c([N+](=O)[O-])cc(=O)c1OC(F)(F)F. The molecule has 1 heterocycles. The molecule has 8 nitrogen and oxygen atoms in total. The largest absolute Gasteiger partial charge is 0.573 e. The Labute approximate surface area is 94.8 Å². The van der Waals surface area contributed by atoms with Crippen LogP contribution >= 0.6 is 0 Å². The molecule has 0 aromatic carbocycles. The Morgan fingerprint density at radius 2 is 2.06 bits per heavy atom. The second-order valence-electron chi connectivity index (χ2n) is 2.83. The summed E-state index contributed by atoms with van der Waals surface area (Å²) in [6, 6.07) is 0.188. The van der Waals surface area contributed by atoms with Crippen molar-refractivity contribution in [1.29, 1.82) is 0 Å². The molecule has 0 atom stereocenters. The fraction of sp³-hybridized carbons (Fsp3) is 0.143. The number of H-pyrrole nitrogens is 1. The second kappa shape index (κ2) is 4.35. The quantitative estimate of drug-likeness (QED) is 0.619. The predicted octanol–water partition coefficient (Wildman–Crippen LogP) is 0.880. The molecule has 0 unspecified atom stereocenters. The molecule has 0 saturated heterocycles. The number of aromatic nitrogens is 1. The first-order chi connectivity index (χ1) is 8.11. The van der Waals surface area contributed by atoms with E-state index in [1.165, 1.54) is 0 Å². The van der Waals surface area contributed by atoms with Crippen molar-refractivity contribution in [3.8, 4) is 5.75 Å². The summed E-state index contributed by atoms with van der Waals surface area (Å²) < 4.78 is 39.0. The van der Waals surface area contributed by atoms with Crippen LogP contribution in [0.2, 0.25) is 0 Å². The first kappa shape index (κ1) is 13.5. The van der Waals surface area contributed by atoms with E-state index in [0.717, 1.165) is 0 Å². The summed E-state index contributed by atoms with van der Waals surface area (Å²) >= 11 is 0. The summed E-state index contributed by atoms with van der Waals surface area (Å²) in [5.74, 6) is -4.64. The Bertz CT molecular complexity index is 563. The first-order valence-corrected chi connectivity index (χ1v) is 4.02. The van der Waals surface area contributed by atoms with Crippen molar-refractivity contribution in [2.24, 2.45) is 0 Å². The molecular formula is C7H3F3N2O6. The van der Waals surface area contributed by atoms with Gasteiger partial charge in [-0.15, -0.1) is 13.2 Å². The summed E-state index contributed by atoms with van der Waals surface area (Å²) in [5.41, 5.74) is -2.93. The summed E-state index contributed by atoms with van der Waals surface area (Å²) in [6.07, 6.45) is -5.30. The molecule has 0 aliphatic heterocycles. The van der Waals surface area contributed by atoms with Crippen LogP contribution < -0.4 is 10.2 Å². The van der Waals surface area contributed by atoms with Crippen molar-refractivity contribution in [2.45, 2.75) is 6.36 Å². The standard InChI is InChI=1S/C7H3F3N2O6/c8-7(9,10)18-5-2(13)1-3(12(16)17)11-4(5)6(14)15/h1H,(H,11,13)(H,14,15). The molecule has 2 N–H and O–H groups in total. The molecular weight excluding hydrogens is 265 g/mol. The number of carboxylic acid groups (broad SMARTS) is 1. The third-order valence-electron chi connectivity index (χ3n) is 1.60. The number of nitrogens with zero attached hydrogens (tertiary/aromatic N) is 1. The minimum absolute atomic E-state index is 0.188. The van der Waals surface area contributed by atoms with Crippen LogP contribution in [-0.2, 0) is 0 Å². The maximum Gasteiger partial charge on any atom is 0.573 e. The molecule has 98 valence electrons. The zero-order valence-electron chi connectivity index (χ0n) is 8.15. The molecule has 11 heteroatoms. The van der Waals surface area contributed by atoms with Crippen LogP contribution in [0.4, 0.5) is 19.0 Å². The number of pyridine rings is 1. The van der Waals surface area contributed by atoms with Crippen molar-refractivity contribution >= 4 is 11.8 Å². The van der Waals surface area contributed by atoms with Gasteiger partial charge >= 0.3 is 18.1 Å². The lowest BCUT2D eigenvalue weighted by atomic mass is 10.3. The molecule has 18 heavy (non-hydrogen) atoms. The molecule has 1 aromatic heterocycles. The highest BCUT2D eigenvalue weighted by molar-refractivity contribution is 5.88. The van der Waals surface area contributed by atoms with Gasteiger partial charge in [-0.25, -0.2) is 9.78 Å². The number of aromatic carboxylic acids is 1. The van der Waals surface area contributed by atoms with E-state index in [2.05, 4.69) is 4.74 Å². The molecule has 0 spiro atoms. The highest BCUT2D eigenvalue weighted by atomic mass is 19.4. The van der Waals surface area contributed by atoms with E-state index >= 15 is 0 Å². The number of halogens is 3. The molecule has 0 saturated carbocycles. The van der Waals surface area contributed by atoms with Crippen LogP contribution in [-0.4, -0.2) is 27.3 Å². The average Bonchev–Trinajstić information content (AvgIpc) is 2.18. The third kappa shape index (κ3) is 2.96. The molecule has 1 rings (SSSR count). The summed E-state index contributed by atoms with van der Waals surface area (Å²) in [6.45, 7) is 0. The number of ether oxygens (including phenoxy) is 1. The summed E-state index contributed by atoms with van der Waals surface area (Å²) in [4.78, 5) is 32.4. The maximum absolute atomic E-state index is 11.9. The number of carboxylic acids is 1. The van der Waals surface area contributed by atoms with Gasteiger partial charge in [-0.1, -0.05) is 0 Å². The van der Waals surface area contributed by atoms with Gasteiger partial charge in [-0.3, -0.25) is 4.79 Å². The number of rotatable bonds is 3. The number of alkyl halides is 3. The minimum atomic E-state index is -5.30. The molecule has 0 bridgehead atoms. The molecule has 0 fully saturated rings. The van der Waals surface area contributed by atoms with Crippen molar-refractivity contribution < 1.29 is 32.7 Å². The van der Waals surface area contributed by atoms with Gasteiger partial charge in [0.25, 0.3) is 5.69 Å². The number of nitrogens with one attached hydrogen (secondary N) is 1. The van der Waals surface area contributed by atoms with Crippen LogP contribution in [0.5, 0.6) is 5.75 Å². The Morgan fingerprint density at radius 3 is 2.44 bits per heavy atom. The van der Waals surface area contributed by atoms with E-state index in [1.807, 2.05) is 0 Å². The topological polar surface area (TPSA) is 123 Å². The molecule has 1 aromatic rings. The van der Waals surface area contributed by atoms with Gasteiger partial charge in [0.15, 0.2) is 0 Å². The monoisotopic (exact) mass is 268 g/mol. The van der Waals surface area contributed by atoms with Gasteiger partial charge in [0, 0.05) is 0 Å². The van der Waals surface area contributed by atoms with Gasteiger partial charge in [-0.2, -0.15) is 0 Å². The van der Waals surface area contributed by atoms with E-state index < -0.39 is 39.9 Å². The maximum atomic E-state index is 11.9. The van der Waals surface area contributed by atoms with Crippen molar-refractivity contribution in [2.75, 3.05) is 0 Å². The van der Waals surface area contributed by atoms with Crippen LogP contribution in [0.25, 0.3) is 0 Å². The van der Waals surface area contributed by atoms with E-state index in [4.69, 9.17) is 5.11 Å². The lowest BCUT2D eigenvalue weighted by molar-refractivity contribution is -0.389. The lowest BCUT2D eigenvalue weighted by Crippen LogP contribution is -2.25. The third-order valence-corrected chi connectivity index (χ3v) is 1.60. The van der Waals surface area contributed by atoms with Gasteiger partial charge in [0.05, 0.1) is 6.07 Å². The number of carbonyl (C=O) groups is 1. The highest BCUT2D eigenvalue weighted by Crippen LogP contribution is 2.23. The Balaban J connectivity index is 3.47. The van der Waals surface area contributed by atoms with Gasteiger partial charge in [0.2, 0.25) is 11.2 Å². The van der Waals surface area contributed by atoms with Crippen LogP contribution in [0.3, 0.4) is 0 Å². The molecule has 0 aliphatic carbocycles. The highest BCUT2D eigenvalue weighted by Gasteiger charge is 2.36. The lowest BCUT2D eigenvalue weighted by Gasteiger charge is -2.08. The Morgan fingerprint density at radius 1 is 1.50 bits per heavy atom. The smallest absolute Gasteiger partial charge is 0.475 e. The number of aromatic amines is 1. The van der Waals surface area contributed by atoms with Crippen LogP contribution in [0.15, 0.2) is 10.9 Å². The molecule has 0 amide bonds. The normalized spacial score (nSPS) is 11.1. The Hall–Kier alpha value is -2.59. The van der Waals surface area contributed by atoms with Crippen molar-refractivity contribution in [3.05, 3.63) is 32.1 Å². The van der Waals surface area contributed by atoms with Gasteiger partial charge in [-0.05, 0) is 4.92 Å². The number of nitro groups is 1. The Kier molecular flexibility index (Phi) is 3.26. The van der Waals surface area contributed by atoms with E-state index in [1.54, 1.807) is 4.98 Å². The average molecular weight is 268 g/mol. The fourth-order valence-electron chi connectivity index (χ4n) is 1.000. The van der Waals surface area contributed by atoms with E-state index in [-0.39, 0.29) is 6.07 Å². The van der Waals surface area contributed by atoms with E-state index in [9.17, 15) is 32.9 Å². The molecule has 0 radical (unpaired) electrons. The minimum Gasteiger partial charge on any atom is -0.475 e. The second-order valence-corrected chi connectivity index (χ2v) is 2.83. The zero-order chi connectivity index (χ0) is 14.1. The van der Waals surface area contributed by atoms with Gasteiger partial charge < -0.3 is 20.0 Å².